The summed E-state index contributed by atoms with van der Waals surface area (Å²) in [6, 6.07) is 0.293. The van der Waals surface area contributed by atoms with Crippen molar-refractivity contribution in [2.24, 2.45) is 0 Å². The Hall–Kier alpha value is -0.720. The summed E-state index contributed by atoms with van der Waals surface area (Å²) in [5.41, 5.74) is 2.04. The Morgan fingerprint density at radius 3 is 2.90 bits per heavy atom. The fourth-order valence-electron chi connectivity index (χ4n) is 2.24. The van der Waals surface area contributed by atoms with Gasteiger partial charge in [-0.3, -0.25) is 4.79 Å². The molecule has 0 bridgehead atoms. The van der Waals surface area contributed by atoms with Crippen LogP contribution in [0.3, 0.4) is 0 Å². The van der Waals surface area contributed by atoms with E-state index >= 15 is 0 Å². The maximum atomic E-state index is 12.1. The van der Waals surface area contributed by atoms with Gasteiger partial charge in [0.05, 0.1) is 11.4 Å². The van der Waals surface area contributed by atoms with Gasteiger partial charge in [0.25, 0.3) is 0 Å². The van der Waals surface area contributed by atoms with Gasteiger partial charge in [0.2, 0.25) is 5.91 Å². The van der Waals surface area contributed by atoms with E-state index in [0.717, 1.165) is 42.4 Å². The first kappa shape index (κ1) is 17.3. The maximum absolute atomic E-state index is 12.1. The third kappa shape index (κ3) is 4.14. The summed E-state index contributed by atoms with van der Waals surface area (Å²) in [6.07, 6.45) is 0. The van der Waals surface area contributed by atoms with Crippen molar-refractivity contribution >= 4 is 30.1 Å². The molecule has 114 valence electrons. The van der Waals surface area contributed by atoms with Crippen LogP contribution in [-0.4, -0.2) is 47.4 Å². The average Bonchev–Trinajstić information content (AvgIpc) is 2.70. The molecular weight excluding hydrogens is 298 g/mol. The number of halogens is 1. The number of nitrogens with one attached hydrogen (secondary N) is 1. The largest absolute Gasteiger partial charge is 0.361 e. The van der Waals surface area contributed by atoms with Crippen molar-refractivity contribution in [2.45, 2.75) is 32.6 Å². The van der Waals surface area contributed by atoms with Crippen LogP contribution in [0.4, 0.5) is 0 Å². The maximum Gasteiger partial charge on any atom is 0.232 e. The minimum Gasteiger partial charge on any atom is -0.361 e. The lowest BCUT2D eigenvalue weighted by atomic mass is 10.2. The zero-order valence-electron chi connectivity index (χ0n) is 12.1. The highest BCUT2D eigenvalue weighted by atomic mass is 35.5. The van der Waals surface area contributed by atoms with Crippen LogP contribution in [0.25, 0.3) is 0 Å². The molecule has 0 unspecified atom stereocenters. The highest BCUT2D eigenvalue weighted by molar-refractivity contribution is 7.99. The summed E-state index contributed by atoms with van der Waals surface area (Å²) in [6.45, 7) is 8.53. The smallest absolute Gasteiger partial charge is 0.232 e. The predicted molar refractivity (Wildman–Crippen MR) is 83.4 cm³/mol. The molecule has 1 saturated heterocycles. The number of nitrogens with zero attached hydrogens (tertiary/aromatic N) is 2. The molecule has 7 heteroatoms. The van der Waals surface area contributed by atoms with Crippen LogP contribution in [-0.2, 0) is 10.5 Å². The highest BCUT2D eigenvalue weighted by Crippen LogP contribution is 2.20. The third-order valence-corrected chi connectivity index (χ3v) is 4.42. The Bertz CT molecular complexity index is 433. The number of carbonyl (C=O) groups excluding carboxylic acids is 1. The quantitative estimate of drug-likeness (QED) is 0.916. The van der Waals surface area contributed by atoms with Crippen molar-refractivity contribution in [3.63, 3.8) is 0 Å². The Balaban J connectivity index is 0.00000200. The average molecular weight is 320 g/mol. The van der Waals surface area contributed by atoms with E-state index in [1.807, 2.05) is 18.7 Å². The molecule has 2 rings (SSSR count). The Labute approximate surface area is 130 Å². The van der Waals surface area contributed by atoms with E-state index in [1.165, 1.54) is 0 Å². The van der Waals surface area contributed by atoms with Crippen molar-refractivity contribution in [3.8, 4) is 0 Å². The number of aromatic nitrogens is 1. The molecule has 1 atom stereocenters. The van der Waals surface area contributed by atoms with Crippen LogP contribution < -0.4 is 5.32 Å². The van der Waals surface area contributed by atoms with Crippen LogP contribution >= 0.6 is 24.2 Å². The Morgan fingerprint density at radius 1 is 1.55 bits per heavy atom. The van der Waals surface area contributed by atoms with E-state index in [9.17, 15) is 4.79 Å². The fraction of sp³-hybridized carbons (Fsp3) is 0.692. The van der Waals surface area contributed by atoms with Crippen molar-refractivity contribution in [1.29, 1.82) is 0 Å². The van der Waals surface area contributed by atoms with E-state index < -0.39 is 0 Å². The van der Waals surface area contributed by atoms with Crippen LogP contribution in [0.5, 0.6) is 0 Å². The first-order chi connectivity index (χ1) is 9.09. The minimum atomic E-state index is 0. The molecule has 1 aromatic rings. The molecule has 2 heterocycles. The topological polar surface area (TPSA) is 58.4 Å². The van der Waals surface area contributed by atoms with Gasteiger partial charge in [-0.05, 0) is 20.8 Å². The summed E-state index contributed by atoms with van der Waals surface area (Å²) in [5.74, 6) is 2.39. The van der Waals surface area contributed by atoms with Crippen LogP contribution in [0, 0.1) is 13.8 Å². The van der Waals surface area contributed by atoms with Crippen LogP contribution in [0.15, 0.2) is 4.52 Å². The molecule has 0 aromatic carbocycles. The molecule has 1 aromatic heterocycles. The first-order valence-corrected chi connectivity index (χ1v) is 7.74. The summed E-state index contributed by atoms with van der Waals surface area (Å²) in [5, 5.41) is 7.22. The van der Waals surface area contributed by atoms with Gasteiger partial charge in [-0.1, -0.05) is 5.16 Å². The Morgan fingerprint density at radius 2 is 2.30 bits per heavy atom. The van der Waals surface area contributed by atoms with Crippen molar-refractivity contribution in [3.05, 3.63) is 17.0 Å². The number of carbonyl (C=O) groups is 1. The summed E-state index contributed by atoms with van der Waals surface area (Å²) in [4.78, 5) is 14.1. The molecule has 1 amide bonds. The standard InChI is InChI=1S/C13H21N3O2S.ClH/c1-9-6-14-4-5-16(9)13(17)8-19-7-12-10(2)15-18-11(12)3;/h9,14H,4-8H2,1-3H3;1H/t9-;/m1./s1. The van der Waals surface area contributed by atoms with Gasteiger partial charge in [-0.15, -0.1) is 24.2 Å². The number of hydrogen-bond acceptors (Lipinski definition) is 5. The third-order valence-electron chi connectivity index (χ3n) is 3.47. The minimum absolute atomic E-state index is 0. The fourth-order valence-corrected chi connectivity index (χ4v) is 3.30. The van der Waals surface area contributed by atoms with Gasteiger partial charge in [0, 0.05) is 37.0 Å². The van der Waals surface area contributed by atoms with Gasteiger partial charge in [-0.25, -0.2) is 0 Å². The normalized spacial score (nSPS) is 18.8. The van der Waals surface area contributed by atoms with Gasteiger partial charge in [-0.2, -0.15) is 0 Å². The van der Waals surface area contributed by atoms with Gasteiger partial charge < -0.3 is 14.7 Å². The number of hydrogen-bond donors (Lipinski definition) is 1. The molecule has 5 nitrogen and oxygen atoms in total. The van der Waals surface area contributed by atoms with Crippen molar-refractivity contribution < 1.29 is 9.32 Å². The first-order valence-electron chi connectivity index (χ1n) is 6.59. The lowest BCUT2D eigenvalue weighted by molar-refractivity contribution is -0.131. The lowest BCUT2D eigenvalue weighted by Crippen LogP contribution is -2.52. The zero-order chi connectivity index (χ0) is 13.8. The molecule has 1 N–H and O–H groups in total. The van der Waals surface area contributed by atoms with Crippen LogP contribution in [0.1, 0.15) is 23.9 Å². The van der Waals surface area contributed by atoms with Crippen LogP contribution in [0.2, 0.25) is 0 Å². The number of amides is 1. The monoisotopic (exact) mass is 319 g/mol. The Kier molecular flexibility index (Phi) is 6.85. The van der Waals surface area contributed by atoms with Gasteiger partial charge in [0.1, 0.15) is 5.76 Å². The molecule has 1 aliphatic rings. The second-order valence-electron chi connectivity index (χ2n) is 4.94. The van der Waals surface area contributed by atoms with E-state index in [2.05, 4.69) is 17.4 Å². The number of aryl methyl sites for hydroxylation is 2. The number of rotatable bonds is 4. The zero-order valence-corrected chi connectivity index (χ0v) is 13.8. The molecule has 1 aliphatic heterocycles. The van der Waals surface area contributed by atoms with Crippen molar-refractivity contribution in [1.82, 2.24) is 15.4 Å². The summed E-state index contributed by atoms with van der Waals surface area (Å²) >= 11 is 1.63. The lowest BCUT2D eigenvalue weighted by Gasteiger charge is -2.33. The van der Waals surface area contributed by atoms with E-state index in [0.29, 0.717) is 11.8 Å². The molecule has 0 radical (unpaired) electrons. The summed E-state index contributed by atoms with van der Waals surface area (Å²) < 4.78 is 5.12. The SMILES string of the molecule is Cc1noc(C)c1CSCC(=O)N1CCNC[C@H]1C.Cl. The van der Waals surface area contributed by atoms with E-state index in [1.54, 1.807) is 11.8 Å². The second-order valence-corrected chi connectivity index (χ2v) is 5.92. The number of thioether (sulfide) groups is 1. The molecule has 0 aliphatic carbocycles. The second kappa shape index (κ2) is 7.90. The van der Waals surface area contributed by atoms with E-state index in [-0.39, 0.29) is 18.3 Å². The van der Waals surface area contributed by atoms with Gasteiger partial charge in [0.15, 0.2) is 0 Å². The predicted octanol–water partition coefficient (Wildman–Crippen LogP) is 1.77. The van der Waals surface area contributed by atoms with Gasteiger partial charge >= 0.3 is 0 Å². The highest BCUT2D eigenvalue weighted by Gasteiger charge is 2.22. The molecule has 20 heavy (non-hydrogen) atoms. The van der Waals surface area contributed by atoms with Crippen molar-refractivity contribution in [2.75, 3.05) is 25.4 Å². The van der Waals surface area contributed by atoms with E-state index in [4.69, 9.17) is 4.52 Å². The summed E-state index contributed by atoms with van der Waals surface area (Å²) in [7, 11) is 0. The number of piperazine rings is 1. The molecule has 0 spiro atoms. The molecule has 0 saturated carbocycles. The molecular formula is C13H22ClN3O2S. The molecule has 1 fully saturated rings.